The van der Waals surface area contributed by atoms with E-state index in [2.05, 4.69) is 78.9 Å². The van der Waals surface area contributed by atoms with Gasteiger partial charge in [-0.25, -0.2) is 24.9 Å². The lowest BCUT2D eigenvalue weighted by Gasteiger charge is -2.12. The predicted octanol–water partition coefficient (Wildman–Crippen LogP) is 13.5. The van der Waals surface area contributed by atoms with E-state index in [-0.39, 0.29) is 0 Å². The molecule has 268 valence electrons. The topological polar surface area (TPSA) is 73.7 Å². The second kappa shape index (κ2) is 13.9. The van der Waals surface area contributed by atoms with Crippen LogP contribution in [-0.2, 0) is 0 Å². The van der Waals surface area contributed by atoms with Crippen molar-refractivity contribution >= 4 is 63.0 Å². The van der Waals surface area contributed by atoms with Crippen LogP contribution in [0.4, 0.5) is 0 Å². The molecule has 8 heteroatoms. The molecule has 0 amide bonds. The Morgan fingerprint density at radius 2 is 0.965 bits per heavy atom. The molecule has 0 aliphatic rings. The van der Waals surface area contributed by atoms with Gasteiger partial charge in [-0.1, -0.05) is 133 Å². The molecule has 0 fully saturated rings. The summed E-state index contributed by atoms with van der Waals surface area (Å²) in [5, 5.41) is 4.80. The zero-order valence-electron chi connectivity index (χ0n) is 30.2. The van der Waals surface area contributed by atoms with Crippen LogP contribution in [0.3, 0.4) is 0 Å². The first kappa shape index (κ1) is 33.2. The Hall–Kier alpha value is -7.13. The van der Waals surface area contributed by atoms with Crippen molar-refractivity contribution in [3.05, 3.63) is 176 Å². The molecule has 7 aromatic carbocycles. The monoisotopic (exact) mass is 767 g/mol. The Bertz CT molecular complexity index is 3270. The van der Waals surface area contributed by atoms with Gasteiger partial charge in [0.05, 0.1) is 6.20 Å². The maximum atomic E-state index is 6.29. The lowest BCUT2D eigenvalue weighted by Crippen LogP contribution is -2.00. The van der Waals surface area contributed by atoms with Crippen LogP contribution in [0.2, 0.25) is 0 Å². The summed E-state index contributed by atoms with van der Waals surface area (Å²) in [4.78, 5) is 25.2. The number of hydrogen-bond donors (Lipinski definition) is 0. The van der Waals surface area contributed by atoms with E-state index in [1.807, 2.05) is 91.0 Å². The molecule has 11 rings (SSSR count). The van der Waals surface area contributed by atoms with E-state index in [0.29, 0.717) is 29.0 Å². The van der Waals surface area contributed by atoms with E-state index in [9.17, 15) is 0 Å². The van der Waals surface area contributed by atoms with Crippen LogP contribution < -0.4 is 4.74 Å². The average molecular weight is 768 g/mol. The highest BCUT2D eigenvalue weighted by molar-refractivity contribution is 7.26. The van der Waals surface area contributed by atoms with Gasteiger partial charge in [-0.3, -0.25) is 0 Å². The van der Waals surface area contributed by atoms with Gasteiger partial charge in [-0.15, -0.1) is 22.7 Å². The fourth-order valence-corrected chi connectivity index (χ4v) is 9.72. The summed E-state index contributed by atoms with van der Waals surface area (Å²) >= 11 is 3.52. The summed E-state index contributed by atoms with van der Waals surface area (Å²) in [7, 11) is 0. The van der Waals surface area contributed by atoms with Gasteiger partial charge in [-0.2, -0.15) is 0 Å². The second-order valence-electron chi connectivity index (χ2n) is 13.7. The van der Waals surface area contributed by atoms with E-state index in [1.165, 1.54) is 20.2 Å². The summed E-state index contributed by atoms with van der Waals surface area (Å²) < 4.78 is 11.0. The maximum absolute atomic E-state index is 6.29. The molecule has 0 saturated heterocycles. The van der Waals surface area contributed by atoms with Gasteiger partial charge in [0.15, 0.2) is 29.0 Å². The Morgan fingerprint density at radius 1 is 0.386 bits per heavy atom. The molecule has 57 heavy (non-hydrogen) atoms. The van der Waals surface area contributed by atoms with Crippen molar-refractivity contribution in [1.29, 1.82) is 0 Å². The smallest absolute Gasteiger partial charge is 0.172 e. The first-order valence-electron chi connectivity index (χ1n) is 18.6. The molecule has 11 aromatic rings. The summed E-state index contributed by atoms with van der Waals surface area (Å²) in [6.07, 6.45) is 1.77. The van der Waals surface area contributed by atoms with Gasteiger partial charge < -0.3 is 4.74 Å². The van der Waals surface area contributed by atoms with E-state index in [1.54, 1.807) is 28.9 Å². The lowest BCUT2D eigenvalue weighted by molar-refractivity contribution is 0.480. The van der Waals surface area contributed by atoms with Crippen LogP contribution in [0.25, 0.3) is 97.2 Å². The average Bonchev–Trinajstić information content (AvgIpc) is 3.85. The van der Waals surface area contributed by atoms with Gasteiger partial charge >= 0.3 is 0 Å². The molecule has 0 aliphatic carbocycles. The highest BCUT2D eigenvalue weighted by atomic mass is 32.1. The largest absolute Gasteiger partial charge is 0.453 e. The number of hydrogen-bond acceptors (Lipinski definition) is 8. The molecule has 0 bridgehead atoms. The lowest BCUT2D eigenvalue weighted by atomic mass is 10.1. The van der Waals surface area contributed by atoms with Crippen molar-refractivity contribution < 1.29 is 4.74 Å². The molecule has 4 aromatic heterocycles. The summed E-state index contributed by atoms with van der Waals surface area (Å²) in [6, 6.07) is 57.9. The number of nitrogens with zero attached hydrogens (tertiary/aromatic N) is 5. The second-order valence-corrected chi connectivity index (χ2v) is 15.8. The first-order chi connectivity index (χ1) is 28.2. The molecule has 0 unspecified atom stereocenters. The molecule has 0 radical (unpaired) electrons. The SMILES string of the molecule is c1ccc(Oc2cnc(-c3ccc4c(c3)sc3c(-c5nc(-c6ccccc6)nc(-c6ccc7c(c6)sc6ccccc67)n5)cccc34)nc2-c2ccccc2)cc1. The van der Waals surface area contributed by atoms with Crippen LogP contribution in [0.5, 0.6) is 11.5 Å². The number of fused-ring (bicyclic) bond motifs is 6. The van der Waals surface area contributed by atoms with Crippen LogP contribution >= 0.6 is 22.7 Å². The van der Waals surface area contributed by atoms with E-state index in [4.69, 9.17) is 29.7 Å². The van der Waals surface area contributed by atoms with Crippen molar-refractivity contribution in [3.8, 4) is 68.3 Å². The van der Waals surface area contributed by atoms with Crippen molar-refractivity contribution in [2.45, 2.75) is 0 Å². The Morgan fingerprint density at radius 3 is 1.74 bits per heavy atom. The fraction of sp³-hybridized carbons (Fsp3) is 0. The van der Waals surface area contributed by atoms with Crippen LogP contribution in [0.1, 0.15) is 0 Å². The number of aromatic nitrogens is 5. The van der Waals surface area contributed by atoms with Crippen LogP contribution in [0, 0.1) is 0 Å². The molecule has 0 N–H and O–H groups in total. The molecule has 0 spiro atoms. The Kier molecular flexibility index (Phi) is 8.08. The standard InChI is InChI=1S/C49H29N5OS2/c1-4-13-30(14-5-1)44-40(55-34-17-8-3-9-18-34)29-50-46(51-44)32-23-26-37-38-20-12-21-39(45(38)57-43(37)27-32)49-53-47(31-15-6-2-7-16-31)52-48(54-49)33-24-25-36-35-19-10-11-22-41(35)56-42(36)28-33/h1-29H. The Balaban J connectivity index is 1.03. The zero-order chi connectivity index (χ0) is 37.7. The number of thiophene rings is 2. The first-order valence-corrected chi connectivity index (χ1v) is 20.2. The van der Waals surface area contributed by atoms with Crippen LogP contribution in [-0.4, -0.2) is 24.9 Å². The normalized spacial score (nSPS) is 11.5. The Labute approximate surface area is 335 Å². The van der Waals surface area contributed by atoms with Gasteiger partial charge in [0.25, 0.3) is 0 Å². The molecular formula is C49H29N5OS2. The minimum Gasteiger partial charge on any atom is -0.453 e. The van der Waals surface area contributed by atoms with Crippen LogP contribution in [0.15, 0.2) is 176 Å². The third-order valence-corrected chi connectivity index (χ3v) is 12.4. The van der Waals surface area contributed by atoms with Crippen molar-refractivity contribution in [2.75, 3.05) is 0 Å². The number of ether oxygens (including phenoxy) is 1. The van der Waals surface area contributed by atoms with Gasteiger partial charge in [0.1, 0.15) is 11.4 Å². The summed E-state index contributed by atoms with van der Waals surface area (Å²) in [5.74, 6) is 3.87. The van der Waals surface area contributed by atoms with Crippen molar-refractivity contribution in [1.82, 2.24) is 24.9 Å². The minimum atomic E-state index is 0.596. The molecule has 0 atom stereocenters. The van der Waals surface area contributed by atoms with Gasteiger partial charge in [0.2, 0.25) is 0 Å². The quantitative estimate of drug-likeness (QED) is 0.161. The molecule has 0 aliphatic heterocycles. The van der Waals surface area contributed by atoms with Gasteiger partial charge in [-0.05, 0) is 36.4 Å². The van der Waals surface area contributed by atoms with E-state index >= 15 is 0 Å². The number of rotatable bonds is 7. The molecule has 6 nitrogen and oxygen atoms in total. The summed E-state index contributed by atoms with van der Waals surface area (Å²) in [6.45, 7) is 0. The number of benzene rings is 7. The van der Waals surface area contributed by atoms with Crippen molar-refractivity contribution in [3.63, 3.8) is 0 Å². The fourth-order valence-electron chi connectivity index (χ4n) is 7.32. The minimum absolute atomic E-state index is 0.596. The zero-order valence-corrected chi connectivity index (χ0v) is 31.8. The maximum Gasteiger partial charge on any atom is 0.172 e. The third kappa shape index (κ3) is 6.08. The van der Waals surface area contributed by atoms with E-state index < -0.39 is 0 Å². The third-order valence-electron chi connectivity index (χ3n) is 10.1. The highest BCUT2D eigenvalue weighted by Crippen LogP contribution is 2.42. The molecular weight excluding hydrogens is 739 g/mol. The predicted molar refractivity (Wildman–Crippen MR) is 235 cm³/mol. The van der Waals surface area contributed by atoms with Crippen molar-refractivity contribution in [2.24, 2.45) is 0 Å². The summed E-state index contributed by atoms with van der Waals surface area (Å²) in [5.41, 5.74) is 5.46. The highest BCUT2D eigenvalue weighted by Gasteiger charge is 2.19. The number of para-hydroxylation sites is 1. The van der Waals surface area contributed by atoms with Gasteiger partial charge in [0, 0.05) is 68.2 Å². The molecule has 4 heterocycles. The molecule has 0 saturated carbocycles. The van der Waals surface area contributed by atoms with E-state index in [0.717, 1.165) is 59.4 Å².